The largest absolute Gasteiger partial charge is 0.497 e. The summed E-state index contributed by atoms with van der Waals surface area (Å²) >= 11 is 0. The average Bonchev–Trinajstić information content (AvgIpc) is 2.85. The first-order chi connectivity index (χ1) is 16.7. The highest BCUT2D eigenvalue weighted by atomic mass is 16.6. The molecular formula is C28H31N3O4. The third-order valence-electron chi connectivity index (χ3n) is 6.35. The van der Waals surface area contributed by atoms with Gasteiger partial charge in [-0.1, -0.05) is 30.3 Å². The molecule has 0 bridgehead atoms. The van der Waals surface area contributed by atoms with Gasteiger partial charge in [0.15, 0.2) is 0 Å². The first-order valence-electron chi connectivity index (χ1n) is 11.9. The van der Waals surface area contributed by atoms with Crippen LogP contribution in [0.5, 0.6) is 5.75 Å². The van der Waals surface area contributed by atoms with Gasteiger partial charge in [-0.2, -0.15) is 5.26 Å². The van der Waals surface area contributed by atoms with Crippen molar-refractivity contribution in [3.05, 3.63) is 64.6 Å². The molecule has 0 aliphatic carbocycles. The topological polar surface area (TPSA) is 84.6 Å². The predicted molar refractivity (Wildman–Crippen MR) is 135 cm³/mol. The average molecular weight is 474 g/mol. The van der Waals surface area contributed by atoms with E-state index in [-0.39, 0.29) is 17.6 Å². The molecule has 3 aromatic rings. The van der Waals surface area contributed by atoms with Gasteiger partial charge in [-0.3, -0.25) is 9.36 Å². The van der Waals surface area contributed by atoms with E-state index in [9.17, 15) is 14.9 Å². The molecule has 1 aliphatic rings. The number of amides is 1. The Morgan fingerprint density at radius 2 is 1.77 bits per heavy atom. The molecule has 1 fully saturated rings. The summed E-state index contributed by atoms with van der Waals surface area (Å²) in [4.78, 5) is 27.7. The lowest BCUT2D eigenvalue weighted by molar-refractivity contribution is 0.0178. The number of pyridine rings is 1. The van der Waals surface area contributed by atoms with E-state index in [2.05, 4.69) is 6.07 Å². The SMILES string of the molecule is COc1ccc2c(=O)n(CC3CCN(C(=O)OC(C)(C)C)CC3)c(C#N)c(-c3ccccc3)c2c1. The van der Waals surface area contributed by atoms with Gasteiger partial charge in [0.2, 0.25) is 0 Å². The highest BCUT2D eigenvalue weighted by molar-refractivity contribution is 5.99. The number of aromatic nitrogens is 1. The van der Waals surface area contributed by atoms with Gasteiger partial charge in [0.05, 0.1) is 7.11 Å². The molecule has 2 heterocycles. The van der Waals surface area contributed by atoms with Crippen LogP contribution < -0.4 is 10.3 Å². The third-order valence-corrected chi connectivity index (χ3v) is 6.35. The number of carbonyl (C=O) groups is 1. The predicted octanol–water partition coefficient (Wildman–Crippen LogP) is 5.20. The number of hydrogen-bond acceptors (Lipinski definition) is 5. The first-order valence-corrected chi connectivity index (χ1v) is 11.9. The molecule has 182 valence electrons. The molecule has 0 unspecified atom stereocenters. The van der Waals surface area contributed by atoms with E-state index in [4.69, 9.17) is 9.47 Å². The minimum Gasteiger partial charge on any atom is -0.497 e. The number of methoxy groups -OCH3 is 1. The summed E-state index contributed by atoms with van der Waals surface area (Å²) in [6, 6.07) is 17.3. The van der Waals surface area contributed by atoms with Crippen LogP contribution in [0.1, 0.15) is 39.3 Å². The summed E-state index contributed by atoms with van der Waals surface area (Å²) in [5.41, 5.74) is 1.22. The molecule has 35 heavy (non-hydrogen) atoms. The second kappa shape index (κ2) is 9.83. The molecule has 0 spiro atoms. The van der Waals surface area contributed by atoms with Crippen molar-refractivity contribution >= 4 is 16.9 Å². The molecule has 0 radical (unpaired) electrons. The zero-order valence-electron chi connectivity index (χ0n) is 20.7. The van der Waals surface area contributed by atoms with E-state index in [0.717, 1.165) is 24.0 Å². The molecule has 1 saturated heterocycles. The summed E-state index contributed by atoms with van der Waals surface area (Å²) in [5, 5.41) is 11.5. The summed E-state index contributed by atoms with van der Waals surface area (Å²) in [6.07, 6.45) is 1.16. The van der Waals surface area contributed by atoms with Crippen molar-refractivity contribution < 1.29 is 14.3 Å². The molecule has 0 atom stereocenters. The molecule has 7 heteroatoms. The number of nitrogens with zero attached hydrogens (tertiary/aromatic N) is 3. The van der Waals surface area contributed by atoms with Gasteiger partial charge in [0, 0.05) is 36.0 Å². The van der Waals surface area contributed by atoms with Crippen molar-refractivity contribution in [2.24, 2.45) is 5.92 Å². The number of piperidine rings is 1. The van der Waals surface area contributed by atoms with E-state index < -0.39 is 5.60 Å². The maximum absolute atomic E-state index is 13.6. The maximum atomic E-state index is 13.6. The van der Waals surface area contributed by atoms with E-state index in [1.807, 2.05) is 57.2 Å². The maximum Gasteiger partial charge on any atom is 0.410 e. The van der Waals surface area contributed by atoms with Crippen LogP contribution in [0, 0.1) is 17.2 Å². The van der Waals surface area contributed by atoms with Gasteiger partial charge in [-0.15, -0.1) is 0 Å². The Labute approximate surface area is 205 Å². The smallest absolute Gasteiger partial charge is 0.410 e. The minimum absolute atomic E-state index is 0.165. The fourth-order valence-corrected chi connectivity index (χ4v) is 4.62. The van der Waals surface area contributed by atoms with Gasteiger partial charge in [-0.25, -0.2) is 4.79 Å². The minimum atomic E-state index is -0.537. The van der Waals surface area contributed by atoms with Crippen molar-refractivity contribution in [1.29, 1.82) is 5.26 Å². The fourth-order valence-electron chi connectivity index (χ4n) is 4.62. The Hall–Kier alpha value is -3.79. The number of benzene rings is 2. The third kappa shape index (κ3) is 5.17. The van der Waals surface area contributed by atoms with Gasteiger partial charge in [0.1, 0.15) is 23.1 Å². The van der Waals surface area contributed by atoms with Crippen molar-refractivity contribution in [3.8, 4) is 22.9 Å². The van der Waals surface area contributed by atoms with Crippen molar-refractivity contribution in [2.75, 3.05) is 20.2 Å². The van der Waals surface area contributed by atoms with Crippen LogP contribution in [-0.2, 0) is 11.3 Å². The highest BCUT2D eigenvalue weighted by Crippen LogP contribution is 2.33. The standard InChI is InChI=1S/C28H31N3O4/c1-28(2,3)35-27(33)30-14-12-19(13-15-30)18-31-24(17-29)25(20-8-6-5-7-9-20)23-16-21(34-4)10-11-22(23)26(31)32/h5-11,16,19H,12-15,18H2,1-4H3. The Balaban J connectivity index is 1.70. The lowest BCUT2D eigenvalue weighted by atomic mass is 9.94. The lowest BCUT2D eigenvalue weighted by Gasteiger charge is -2.33. The molecule has 1 amide bonds. The van der Waals surface area contributed by atoms with Crippen LogP contribution in [-0.4, -0.2) is 41.4 Å². The zero-order valence-corrected chi connectivity index (χ0v) is 20.7. The lowest BCUT2D eigenvalue weighted by Crippen LogP contribution is -2.42. The molecule has 1 aliphatic heterocycles. The second-order valence-electron chi connectivity index (χ2n) is 9.94. The summed E-state index contributed by atoms with van der Waals surface area (Å²) in [7, 11) is 1.58. The van der Waals surface area contributed by atoms with Crippen LogP contribution in [0.4, 0.5) is 4.79 Å². The molecule has 4 rings (SSSR count). The number of carbonyl (C=O) groups excluding carboxylic acids is 1. The summed E-state index contributed by atoms with van der Waals surface area (Å²) in [6.45, 7) is 7.11. The second-order valence-corrected chi connectivity index (χ2v) is 9.94. The molecule has 1 aromatic heterocycles. The van der Waals surface area contributed by atoms with Crippen molar-refractivity contribution in [3.63, 3.8) is 0 Å². The summed E-state index contributed by atoms with van der Waals surface area (Å²) < 4.78 is 12.5. The van der Waals surface area contributed by atoms with Crippen molar-refractivity contribution in [1.82, 2.24) is 9.47 Å². The van der Waals surface area contributed by atoms with Crippen LogP contribution >= 0.6 is 0 Å². The Morgan fingerprint density at radius 3 is 2.37 bits per heavy atom. The fraction of sp³-hybridized carbons (Fsp3) is 0.393. The van der Waals surface area contributed by atoms with Crippen molar-refractivity contribution in [2.45, 2.75) is 45.8 Å². The van der Waals surface area contributed by atoms with Gasteiger partial charge in [0.25, 0.3) is 5.56 Å². The number of hydrogen-bond donors (Lipinski definition) is 0. The zero-order chi connectivity index (χ0) is 25.2. The van der Waals surface area contributed by atoms with Gasteiger partial charge < -0.3 is 14.4 Å². The van der Waals surface area contributed by atoms with Crippen LogP contribution in [0.15, 0.2) is 53.3 Å². The van der Waals surface area contributed by atoms with Gasteiger partial charge >= 0.3 is 6.09 Å². The van der Waals surface area contributed by atoms with E-state index >= 15 is 0 Å². The monoisotopic (exact) mass is 473 g/mol. The number of fused-ring (bicyclic) bond motifs is 1. The molecule has 2 aromatic carbocycles. The molecular weight excluding hydrogens is 442 g/mol. The van der Waals surface area contributed by atoms with Crippen LogP contribution in [0.25, 0.3) is 21.9 Å². The summed E-state index contributed by atoms with van der Waals surface area (Å²) in [5.74, 6) is 0.794. The Morgan fingerprint density at radius 1 is 1.09 bits per heavy atom. The highest BCUT2D eigenvalue weighted by Gasteiger charge is 2.28. The van der Waals surface area contributed by atoms with Gasteiger partial charge in [-0.05, 0) is 63.3 Å². The van der Waals surface area contributed by atoms with Crippen LogP contribution in [0.3, 0.4) is 0 Å². The number of ether oxygens (including phenoxy) is 2. The molecule has 0 saturated carbocycles. The van der Waals surface area contributed by atoms with E-state index in [0.29, 0.717) is 41.9 Å². The van der Waals surface area contributed by atoms with E-state index in [1.165, 1.54) is 0 Å². The molecule has 7 nitrogen and oxygen atoms in total. The normalized spacial score (nSPS) is 14.5. The Bertz CT molecular complexity index is 1320. The first kappa shape index (κ1) is 24.3. The van der Waals surface area contributed by atoms with E-state index in [1.54, 1.807) is 28.7 Å². The van der Waals surface area contributed by atoms with Crippen LogP contribution in [0.2, 0.25) is 0 Å². The number of rotatable bonds is 4. The quantitative estimate of drug-likeness (QED) is 0.520. The number of likely N-dealkylation sites (tertiary alicyclic amines) is 1. The number of nitriles is 1. The molecule has 0 N–H and O–H groups in total. The Kier molecular flexibility index (Phi) is 6.83.